The van der Waals surface area contributed by atoms with E-state index in [4.69, 9.17) is 7.85 Å². The van der Waals surface area contributed by atoms with Crippen molar-refractivity contribution in [3.8, 4) is 0 Å². The zero-order valence-corrected chi connectivity index (χ0v) is 10.5. The van der Waals surface area contributed by atoms with Gasteiger partial charge in [-0.25, -0.2) is 0 Å². The number of allylic oxidation sites excluding steroid dienone is 4. The van der Waals surface area contributed by atoms with Gasteiger partial charge >= 0.3 is 0 Å². The van der Waals surface area contributed by atoms with Gasteiger partial charge in [0.1, 0.15) is 7.85 Å². The largest absolute Gasteiger partial charge is 0.299 e. The summed E-state index contributed by atoms with van der Waals surface area (Å²) in [6.07, 6.45) is 1.29. The van der Waals surface area contributed by atoms with Crippen molar-refractivity contribution in [3.63, 3.8) is 0 Å². The second-order valence-corrected chi connectivity index (χ2v) is 4.88. The minimum absolute atomic E-state index is 0.0949. The maximum atomic E-state index is 14.1. The first-order chi connectivity index (χ1) is 7.84. The summed E-state index contributed by atoms with van der Waals surface area (Å²) >= 11 is 3.05. The lowest BCUT2D eigenvalue weighted by molar-refractivity contribution is 0.0480. The summed E-state index contributed by atoms with van der Waals surface area (Å²) < 4.78 is 28.7. The molecule has 0 heterocycles. The molecule has 1 aromatic rings. The monoisotopic (exact) mass is 292 g/mol. The van der Waals surface area contributed by atoms with E-state index in [1.165, 1.54) is 12.1 Å². The van der Waals surface area contributed by atoms with Crippen LogP contribution in [0.25, 0.3) is 5.57 Å². The lowest BCUT2D eigenvalue weighted by Gasteiger charge is -2.12. The summed E-state index contributed by atoms with van der Waals surface area (Å²) in [4.78, 5) is 0. The molecule has 1 aliphatic carbocycles. The molecule has 2 radical (unpaired) electrons. The molecular formula is C13H8BBrF2. The number of alkyl halides is 2. The molecule has 4 heteroatoms. The minimum atomic E-state index is -3.07. The minimum Gasteiger partial charge on any atom is -0.196 e. The average molecular weight is 293 g/mol. The molecule has 0 aromatic heterocycles. The van der Waals surface area contributed by atoms with E-state index in [2.05, 4.69) is 29.1 Å². The molecule has 0 spiro atoms. The van der Waals surface area contributed by atoms with Crippen molar-refractivity contribution in [1.82, 2.24) is 0 Å². The Kier molecular flexibility index (Phi) is 2.86. The first-order valence-corrected chi connectivity index (χ1v) is 5.67. The van der Waals surface area contributed by atoms with Crippen LogP contribution in [0.4, 0.5) is 8.78 Å². The number of halogens is 3. The second kappa shape index (κ2) is 3.95. The molecular weight excluding hydrogens is 285 g/mol. The predicted molar refractivity (Wildman–Crippen MR) is 70.9 cm³/mol. The highest BCUT2D eigenvalue weighted by molar-refractivity contribution is 9.11. The Balaban J connectivity index is 2.68. The fourth-order valence-corrected chi connectivity index (χ4v) is 2.13. The maximum Gasteiger partial charge on any atom is 0.299 e. The van der Waals surface area contributed by atoms with Crippen molar-refractivity contribution in [2.75, 3.05) is 0 Å². The zero-order chi connectivity index (χ0) is 12.8. The van der Waals surface area contributed by atoms with E-state index in [1.807, 2.05) is 0 Å². The summed E-state index contributed by atoms with van der Waals surface area (Å²) in [6, 6.07) is 4.45. The van der Waals surface area contributed by atoms with Gasteiger partial charge in [-0.2, -0.15) is 8.78 Å². The third kappa shape index (κ3) is 1.91. The van der Waals surface area contributed by atoms with Crippen LogP contribution in [0.3, 0.4) is 0 Å². The fraction of sp³-hybridized carbons (Fsp3) is 0.0769. The van der Waals surface area contributed by atoms with E-state index in [1.54, 1.807) is 12.1 Å². The summed E-state index contributed by atoms with van der Waals surface area (Å²) in [5.74, 6) is -3.07. The van der Waals surface area contributed by atoms with Crippen LogP contribution in [0.5, 0.6) is 0 Å². The van der Waals surface area contributed by atoms with E-state index < -0.39 is 5.92 Å². The average Bonchev–Trinajstić information content (AvgIpc) is 2.40. The van der Waals surface area contributed by atoms with Crippen molar-refractivity contribution >= 4 is 34.8 Å². The van der Waals surface area contributed by atoms with Crippen molar-refractivity contribution in [1.29, 1.82) is 0 Å². The first-order valence-electron chi connectivity index (χ1n) is 4.88. The molecule has 0 bridgehead atoms. The van der Waals surface area contributed by atoms with Crippen molar-refractivity contribution in [2.45, 2.75) is 5.92 Å². The van der Waals surface area contributed by atoms with Crippen LogP contribution in [0.15, 0.2) is 47.5 Å². The van der Waals surface area contributed by atoms with Crippen LogP contribution in [0.2, 0.25) is 0 Å². The normalized spacial score (nSPS) is 19.5. The Bertz CT molecular complexity index is 559. The van der Waals surface area contributed by atoms with Crippen LogP contribution >= 0.6 is 15.9 Å². The van der Waals surface area contributed by atoms with Crippen molar-refractivity contribution in [2.24, 2.45) is 0 Å². The maximum absolute atomic E-state index is 14.1. The molecule has 0 aliphatic heterocycles. The standard InChI is InChI=1S/C13H8BBrF2/c1-7(15)5-11-8(2)10-4-3-9(14)6-12(10)13(11,16)17/h3-6H,1-2H2/b11-5+. The zero-order valence-electron chi connectivity index (χ0n) is 8.93. The van der Waals surface area contributed by atoms with E-state index >= 15 is 0 Å². The number of rotatable bonds is 1. The van der Waals surface area contributed by atoms with Gasteiger partial charge in [0.05, 0.1) is 0 Å². The third-order valence-corrected chi connectivity index (χ3v) is 2.90. The van der Waals surface area contributed by atoms with Crippen LogP contribution in [-0.2, 0) is 5.92 Å². The topological polar surface area (TPSA) is 0 Å². The Morgan fingerprint density at radius 1 is 1.41 bits per heavy atom. The number of hydrogen-bond acceptors (Lipinski definition) is 0. The molecule has 84 valence electrons. The van der Waals surface area contributed by atoms with E-state index in [9.17, 15) is 8.78 Å². The summed E-state index contributed by atoms with van der Waals surface area (Å²) in [6.45, 7) is 7.24. The third-order valence-electron chi connectivity index (χ3n) is 2.67. The van der Waals surface area contributed by atoms with Crippen LogP contribution in [-0.4, -0.2) is 7.85 Å². The fourth-order valence-electron chi connectivity index (χ4n) is 1.90. The van der Waals surface area contributed by atoms with Crippen LogP contribution < -0.4 is 5.46 Å². The number of benzene rings is 1. The number of fused-ring (bicyclic) bond motifs is 1. The van der Waals surface area contributed by atoms with Gasteiger partial charge in [0.15, 0.2) is 0 Å². The lowest BCUT2D eigenvalue weighted by atomic mass is 9.92. The van der Waals surface area contributed by atoms with Crippen molar-refractivity contribution in [3.05, 3.63) is 58.6 Å². The molecule has 0 nitrogen and oxygen atoms in total. The van der Waals surface area contributed by atoms with Crippen molar-refractivity contribution < 1.29 is 8.78 Å². The Morgan fingerprint density at radius 2 is 2.06 bits per heavy atom. The lowest BCUT2D eigenvalue weighted by Crippen LogP contribution is -2.14. The molecule has 0 N–H and O–H groups in total. The molecule has 0 unspecified atom stereocenters. The number of hydrogen-bond donors (Lipinski definition) is 0. The molecule has 0 amide bonds. The predicted octanol–water partition coefficient (Wildman–Crippen LogP) is 3.43. The van der Waals surface area contributed by atoms with Gasteiger partial charge in [0.2, 0.25) is 0 Å². The Labute approximate surface area is 108 Å². The van der Waals surface area contributed by atoms with Crippen LogP contribution in [0.1, 0.15) is 11.1 Å². The molecule has 0 saturated heterocycles. The first kappa shape index (κ1) is 12.3. The van der Waals surface area contributed by atoms with Gasteiger partial charge in [-0.3, -0.25) is 0 Å². The van der Waals surface area contributed by atoms with Gasteiger partial charge in [0.25, 0.3) is 5.92 Å². The SMILES string of the molecule is [B]c1ccc2c(c1)C(F)(F)/C(=C/C(=C)Br)C2=C. The summed E-state index contributed by atoms with van der Waals surface area (Å²) in [5, 5.41) is 0. The Morgan fingerprint density at radius 3 is 2.65 bits per heavy atom. The van der Waals surface area contributed by atoms with E-state index in [0.29, 0.717) is 21.1 Å². The molecule has 1 aromatic carbocycles. The van der Waals surface area contributed by atoms with Crippen LogP contribution in [0, 0.1) is 0 Å². The smallest absolute Gasteiger partial charge is 0.196 e. The van der Waals surface area contributed by atoms with E-state index in [-0.39, 0.29) is 11.1 Å². The molecule has 0 saturated carbocycles. The molecule has 2 rings (SSSR count). The summed E-state index contributed by atoms with van der Waals surface area (Å²) in [5.41, 5.74) is 0.826. The van der Waals surface area contributed by atoms with Gasteiger partial charge in [-0.05, 0) is 17.2 Å². The van der Waals surface area contributed by atoms with Gasteiger partial charge < -0.3 is 0 Å². The highest BCUT2D eigenvalue weighted by Gasteiger charge is 2.46. The highest BCUT2D eigenvalue weighted by atomic mass is 79.9. The van der Waals surface area contributed by atoms with E-state index in [0.717, 1.165) is 0 Å². The molecule has 0 atom stereocenters. The second-order valence-electron chi connectivity index (χ2n) is 3.86. The highest BCUT2D eigenvalue weighted by Crippen LogP contribution is 2.51. The quantitative estimate of drug-likeness (QED) is 0.696. The molecule has 0 fully saturated rings. The Hall–Kier alpha value is -1.16. The summed E-state index contributed by atoms with van der Waals surface area (Å²) in [7, 11) is 5.53. The van der Waals surface area contributed by atoms with Gasteiger partial charge in [0, 0.05) is 15.6 Å². The van der Waals surface area contributed by atoms with Gasteiger partial charge in [-0.1, -0.05) is 52.7 Å². The molecule has 1 aliphatic rings. The van der Waals surface area contributed by atoms with Gasteiger partial charge in [-0.15, -0.1) is 0 Å². The molecule has 17 heavy (non-hydrogen) atoms.